The van der Waals surface area contributed by atoms with Crippen LogP contribution in [0.3, 0.4) is 0 Å². The molecule has 0 saturated heterocycles. The molecule has 0 amide bonds. The maximum atomic E-state index is 6.38. The SMILES string of the molecule is CC.CCOc1cc(OC)c2ccc(OCCOC)c(Cl)c2n1. The molecule has 0 aliphatic carbocycles. The summed E-state index contributed by atoms with van der Waals surface area (Å²) in [6.45, 7) is 7.32. The molecule has 6 heteroatoms. The highest BCUT2D eigenvalue weighted by atomic mass is 35.5. The van der Waals surface area contributed by atoms with Gasteiger partial charge in [0.25, 0.3) is 0 Å². The molecule has 0 N–H and O–H groups in total. The van der Waals surface area contributed by atoms with E-state index in [0.29, 0.717) is 47.7 Å². The van der Waals surface area contributed by atoms with Gasteiger partial charge in [-0.3, -0.25) is 0 Å². The number of rotatable bonds is 7. The molecule has 2 rings (SSSR count). The van der Waals surface area contributed by atoms with Gasteiger partial charge in [0.2, 0.25) is 5.88 Å². The van der Waals surface area contributed by atoms with E-state index in [4.69, 9.17) is 30.5 Å². The van der Waals surface area contributed by atoms with Gasteiger partial charge in [0, 0.05) is 18.6 Å². The minimum absolute atomic E-state index is 0.421. The Kier molecular flexibility index (Phi) is 8.51. The van der Waals surface area contributed by atoms with Gasteiger partial charge in [-0.05, 0) is 19.1 Å². The van der Waals surface area contributed by atoms with Crippen LogP contribution in [0.25, 0.3) is 10.9 Å². The van der Waals surface area contributed by atoms with Gasteiger partial charge >= 0.3 is 0 Å². The van der Waals surface area contributed by atoms with E-state index in [-0.39, 0.29) is 0 Å². The number of ether oxygens (including phenoxy) is 4. The van der Waals surface area contributed by atoms with Crippen molar-refractivity contribution in [2.75, 3.05) is 34.0 Å². The van der Waals surface area contributed by atoms with Crippen molar-refractivity contribution < 1.29 is 18.9 Å². The van der Waals surface area contributed by atoms with Crippen LogP contribution in [0.4, 0.5) is 0 Å². The summed E-state index contributed by atoms with van der Waals surface area (Å²) in [5.41, 5.74) is 0.592. The predicted octanol–water partition coefficient (Wildman–Crippen LogP) is 4.35. The molecule has 0 spiro atoms. The number of hydrogen-bond donors (Lipinski definition) is 0. The van der Waals surface area contributed by atoms with Crippen molar-refractivity contribution in [1.82, 2.24) is 4.98 Å². The summed E-state index contributed by atoms with van der Waals surface area (Å²) < 4.78 is 21.3. The molecule has 0 radical (unpaired) electrons. The van der Waals surface area contributed by atoms with E-state index in [1.807, 2.05) is 26.8 Å². The Balaban J connectivity index is 0.00000127. The van der Waals surface area contributed by atoms with Crippen LogP contribution in [-0.2, 0) is 4.74 Å². The summed E-state index contributed by atoms with van der Waals surface area (Å²) in [6.07, 6.45) is 0. The van der Waals surface area contributed by atoms with Crippen LogP contribution in [-0.4, -0.2) is 39.0 Å². The highest BCUT2D eigenvalue weighted by molar-refractivity contribution is 6.36. The molecule has 1 heterocycles. The van der Waals surface area contributed by atoms with Crippen LogP contribution in [0.5, 0.6) is 17.4 Å². The molecule has 0 atom stereocenters. The minimum Gasteiger partial charge on any atom is -0.496 e. The molecule has 23 heavy (non-hydrogen) atoms. The molecule has 128 valence electrons. The van der Waals surface area contributed by atoms with E-state index in [9.17, 15) is 0 Å². The first-order valence-electron chi connectivity index (χ1n) is 7.63. The number of halogens is 1. The highest BCUT2D eigenvalue weighted by Crippen LogP contribution is 2.37. The van der Waals surface area contributed by atoms with Crippen molar-refractivity contribution in [2.45, 2.75) is 20.8 Å². The molecule has 0 saturated carbocycles. The number of benzene rings is 1. The lowest BCUT2D eigenvalue weighted by molar-refractivity contribution is 0.146. The third kappa shape index (κ3) is 4.88. The topological polar surface area (TPSA) is 49.8 Å². The lowest BCUT2D eigenvalue weighted by Gasteiger charge is -2.13. The summed E-state index contributed by atoms with van der Waals surface area (Å²) >= 11 is 6.38. The van der Waals surface area contributed by atoms with Crippen molar-refractivity contribution in [3.8, 4) is 17.4 Å². The molecule has 0 fully saturated rings. The fourth-order valence-electron chi connectivity index (χ4n) is 1.92. The fourth-order valence-corrected chi connectivity index (χ4v) is 2.19. The Morgan fingerprint density at radius 2 is 1.78 bits per heavy atom. The molecule has 0 bridgehead atoms. The number of aromatic nitrogens is 1. The standard InChI is InChI=1S/C15H18ClNO4.C2H6/c1-4-20-13-9-12(19-3)10-5-6-11(21-8-7-18-2)14(16)15(10)17-13;1-2/h5-6,9H,4,7-8H2,1-3H3;1-2H3. The average molecular weight is 342 g/mol. The Labute approximate surface area is 142 Å². The van der Waals surface area contributed by atoms with Gasteiger partial charge in [-0.15, -0.1) is 0 Å². The van der Waals surface area contributed by atoms with E-state index < -0.39 is 0 Å². The van der Waals surface area contributed by atoms with Crippen molar-refractivity contribution >= 4 is 22.5 Å². The minimum atomic E-state index is 0.421. The molecule has 0 aliphatic rings. The third-order valence-electron chi connectivity index (χ3n) is 2.88. The van der Waals surface area contributed by atoms with Crippen LogP contribution in [0.2, 0.25) is 5.02 Å². The zero-order chi connectivity index (χ0) is 17.2. The summed E-state index contributed by atoms with van der Waals surface area (Å²) in [7, 11) is 3.22. The number of nitrogens with zero attached hydrogens (tertiary/aromatic N) is 1. The predicted molar refractivity (Wildman–Crippen MR) is 93.2 cm³/mol. The average Bonchev–Trinajstić information content (AvgIpc) is 2.59. The highest BCUT2D eigenvalue weighted by Gasteiger charge is 2.14. The lowest BCUT2D eigenvalue weighted by atomic mass is 10.2. The van der Waals surface area contributed by atoms with Crippen LogP contribution < -0.4 is 14.2 Å². The summed E-state index contributed by atoms with van der Waals surface area (Å²) in [5.74, 6) is 1.69. The number of hydrogen-bond acceptors (Lipinski definition) is 5. The van der Waals surface area contributed by atoms with Crippen molar-refractivity contribution in [3.63, 3.8) is 0 Å². The van der Waals surface area contributed by atoms with E-state index in [1.54, 1.807) is 26.4 Å². The Hall–Kier alpha value is -1.72. The van der Waals surface area contributed by atoms with Gasteiger partial charge in [0.1, 0.15) is 28.6 Å². The second-order valence-corrected chi connectivity index (χ2v) is 4.59. The van der Waals surface area contributed by atoms with Crippen molar-refractivity contribution in [1.29, 1.82) is 0 Å². The van der Waals surface area contributed by atoms with Crippen LogP contribution in [0, 0.1) is 0 Å². The molecule has 1 aromatic carbocycles. The number of methoxy groups -OCH3 is 2. The van der Waals surface area contributed by atoms with E-state index in [1.165, 1.54) is 0 Å². The van der Waals surface area contributed by atoms with E-state index in [0.717, 1.165) is 5.39 Å². The molecule has 0 unspecified atom stereocenters. The molecular formula is C17H24ClNO4. The Bertz CT molecular complexity index is 619. The van der Waals surface area contributed by atoms with Crippen molar-refractivity contribution in [2.24, 2.45) is 0 Å². The normalized spacial score (nSPS) is 10.0. The summed E-state index contributed by atoms with van der Waals surface area (Å²) in [5, 5.41) is 1.24. The fraction of sp³-hybridized carbons (Fsp3) is 0.471. The van der Waals surface area contributed by atoms with Gasteiger partial charge in [0.15, 0.2) is 0 Å². The van der Waals surface area contributed by atoms with Gasteiger partial charge in [0.05, 0.1) is 20.3 Å². The van der Waals surface area contributed by atoms with Crippen molar-refractivity contribution in [3.05, 3.63) is 23.2 Å². The molecular weight excluding hydrogens is 318 g/mol. The Morgan fingerprint density at radius 1 is 1.04 bits per heavy atom. The quantitative estimate of drug-likeness (QED) is 0.701. The number of fused-ring (bicyclic) bond motifs is 1. The van der Waals surface area contributed by atoms with Crippen LogP contribution >= 0.6 is 11.6 Å². The Morgan fingerprint density at radius 3 is 2.39 bits per heavy atom. The smallest absolute Gasteiger partial charge is 0.217 e. The number of pyridine rings is 1. The summed E-state index contributed by atoms with van der Waals surface area (Å²) in [6, 6.07) is 5.41. The van der Waals surface area contributed by atoms with Gasteiger partial charge in [-0.2, -0.15) is 0 Å². The second-order valence-electron chi connectivity index (χ2n) is 4.21. The zero-order valence-electron chi connectivity index (χ0n) is 14.3. The first-order valence-corrected chi connectivity index (χ1v) is 8.00. The van der Waals surface area contributed by atoms with Gasteiger partial charge in [-0.1, -0.05) is 25.4 Å². The van der Waals surface area contributed by atoms with Crippen LogP contribution in [0.15, 0.2) is 18.2 Å². The first-order chi connectivity index (χ1) is 11.2. The van der Waals surface area contributed by atoms with Crippen LogP contribution in [0.1, 0.15) is 20.8 Å². The molecule has 2 aromatic rings. The maximum Gasteiger partial charge on any atom is 0.217 e. The lowest BCUT2D eigenvalue weighted by Crippen LogP contribution is -2.05. The third-order valence-corrected chi connectivity index (χ3v) is 3.25. The van der Waals surface area contributed by atoms with E-state index in [2.05, 4.69) is 4.98 Å². The maximum absolute atomic E-state index is 6.38. The summed E-state index contributed by atoms with van der Waals surface area (Å²) in [4.78, 5) is 4.42. The molecule has 5 nitrogen and oxygen atoms in total. The van der Waals surface area contributed by atoms with E-state index >= 15 is 0 Å². The second kappa shape index (κ2) is 10.1. The first kappa shape index (κ1) is 19.3. The monoisotopic (exact) mass is 341 g/mol. The molecule has 1 aromatic heterocycles. The molecule has 0 aliphatic heterocycles. The van der Waals surface area contributed by atoms with Gasteiger partial charge < -0.3 is 18.9 Å². The largest absolute Gasteiger partial charge is 0.496 e. The zero-order valence-corrected chi connectivity index (χ0v) is 15.1. The van der Waals surface area contributed by atoms with Gasteiger partial charge in [-0.25, -0.2) is 4.98 Å².